The van der Waals surface area contributed by atoms with Gasteiger partial charge in [-0.2, -0.15) is 0 Å². The third-order valence-electron chi connectivity index (χ3n) is 3.15. The Kier molecular flexibility index (Phi) is 7.53. The van der Waals surface area contributed by atoms with Gasteiger partial charge in [-0.25, -0.2) is 4.79 Å². The van der Waals surface area contributed by atoms with Crippen molar-refractivity contribution in [2.45, 2.75) is 13.8 Å². The van der Waals surface area contributed by atoms with E-state index < -0.39 is 5.97 Å². The molecular weight excluding hydrogens is 296 g/mol. The summed E-state index contributed by atoms with van der Waals surface area (Å²) in [6.45, 7) is 4.66. The number of nitrogens with zero attached hydrogens (tertiary/aromatic N) is 1. The summed E-state index contributed by atoms with van der Waals surface area (Å²) in [5.41, 5.74) is 1.22. The smallest absolute Gasteiger partial charge is 0.337 e. The second-order valence-electron chi connectivity index (χ2n) is 4.75. The molecule has 0 unspecified atom stereocenters. The van der Waals surface area contributed by atoms with Gasteiger partial charge in [-0.15, -0.1) is 0 Å². The molecule has 0 aromatic heterocycles. The number of rotatable bonds is 7. The molecule has 2 amide bonds. The first-order valence-corrected chi connectivity index (χ1v) is 7.43. The minimum Gasteiger partial charge on any atom is -0.465 e. The van der Waals surface area contributed by atoms with Gasteiger partial charge in [0.25, 0.3) is 0 Å². The Morgan fingerprint density at radius 3 is 2.35 bits per heavy atom. The van der Waals surface area contributed by atoms with Crippen LogP contribution in [0.5, 0.6) is 0 Å². The van der Waals surface area contributed by atoms with Gasteiger partial charge >= 0.3 is 5.97 Å². The minimum absolute atomic E-state index is 0.0365. The summed E-state index contributed by atoms with van der Waals surface area (Å²) in [5.74, 6) is -0.829. The third-order valence-corrected chi connectivity index (χ3v) is 3.15. The number of methoxy groups -OCH3 is 1. The molecule has 1 aromatic rings. The van der Waals surface area contributed by atoms with Crippen molar-refractivity contribution in [1.29, 1.82) is 0 Å². The molecule has 0 aliphatic rings. The number of likely N-dealkylation sites (N-methyl/N-ethyl adjacent to an activating group) is 2. The van der Waals surface area contributed by atoms with Crippen molar-refractivity contribution < 1.29 is 19.1 Å². The average Bonchev–Trinajstić information content (AvgIpc) is 2.57. The van der Waals surface area contributed by atoms with Gasteiger partial charge in [-0.05, 0) is 37.6 Å². The molecule has 1 aromatic carbocycles. The quantitative estimate of drug-likeness (QED) is 0.610. The highest BCUT2D eigenvalue weighted by atomic mass is 16.5. The third kappa shape index (κ3) is 5.94. The normalized spacial score (nSPS) is 10.4. The predicted molar refractivity (Wildman–Crippen MR) is 87.8 cm³/mol. The van der Waals surface area contributed by atoms with Crippen LogP contribution in [0.4, 0.5) is 0 Å². The van der Waals surface area contributed by atoms with Crippen LogP contribution in [0, 0.1) is 0 Å². The Balaban J connectivity index is 2.69. The summed E-state index contributed by atoms with van der Waals surface area (Å²) in [6.07, 6.45) is 3.06. The summed E-state index contributed by atoms with van der Waals surface area (Å²) >= 11 is 0. The summed E-state index contributed by atoms with van der Waals surface area (Å²) < 4.78 is 4.62. The van der Waals surface area contributed by atoms with Crippen molar-refractivity contribution in [2.75, 3.05) is 26.7 Å². The van der Waals surface area contributed by atoms with Crippen LogP contribution in [0.1, 0.15) is 29.8 Å². The highest BCUT2D eigenvalue weighted by Gasteiger charge is 2.12. The second-order valence-corrected chi connectivity index (χ2v) is 4.75. The summed E-state index contributed by atoms with van der Waals surface area (Å²) in [5, 5.41) is 2.66. The maximum atomic E-state index is 12.1. The van der Waals surface area contributed by atoms with Gasteiger partial charge in [0, 0.05) is 19.2 Å². The van der Waals surface area contributed by atoms with Crippen molar-refractivity contribution in [1.82, 2.24) is 10.2 Å². The molecule has 1 N–H and O–H groups in total. The maximum Gasteiger partial charge on any atom is 0.337 e. The molecule has 0 aliphatic carbocycles. The van der Waals surface area contributed by atoms with Gasteiger partial charge in [-0.3, -0.25) is 9.59 Å². The largest absolute Gasteiger partial charge is 0.465 e. The lowest BCUT2D eigenvalue weighted by Crippen LogP contribution is -2.39. The summed E-state index contributed by atoms with van der Waals surface area (Å²) in [7, 11) is 1.32. The van der Waals surface area contributed by atoms with Gasteiger partial charge < -0.3 is 15.0 Å². The van der Waals surface area contributed by atoms with E-state index in [0.29, 0.717) is 18.7 Å². The zero-order valence-electron chi connectivity index (χ0n) is 13.7. The molecule has 0 saturated carbocycles. The maximum absolute atomic E-state index is 12.1. The van der Waals surface area contributed by atoms with Gasteiger partial charge in [-0.1, -0.05) is 12.1 Å². The van der Waals surface area contributed by atoms with Crippen LogP contribution in [0.3, 0.4) is 0 Å². The topological polar surface area (TPSA) is 75.7 Å². The number of amides is 2. The predicted octanol–water partition coefficient (Wildman–Crippen LogP) is 1.47. The molecule has 1 rings (SSSR count). The highest BCUT2D eigenvalue weighted by molar-refractivity contribution is 5.94. The number of carbonyl (C=O) groups is 3. The van der Waals surface area contributed by atoms with E-state index in [1.165, 1.54) is 18.1 Å². The van der Waals surface area contributed by atoms with Crippen LogP contribution in [0.2, 0.25) is 0 Å². The van der Waals surface area contributed by atoms with Crippen LogP contribution in [-0.2, 0) is 14.3 Å². The Hall–Kier alpha value is -2.63. The average molecular weight is 318 g/mol. The lowest BCUT2D eigenvalue weighted by molar-refractivity contribution is -0.132. The molecule has 0 bridgehead atoms. The van der Waals surface area contributed by atoms with E-state index in [1.807, 2.05) is 13.8 Å². The molecule has 6 nitrogen and oxygen atoms in total. The molecule has 124 valence electrons. The lowest BCUT2D eigenvalue weighted by Gasteiger charge is -2.18. The molecule has 0 radical (unpaired) electrons. The standard InChI is InChI=1S/C17H22N2O4/c1-4-18-15(20)12-19(5-2)16(21)11-8-13-6-9-14(10-7-13)17(22)23-3/h6-11H,4-5,12H2,1-3H3,(H,18,20). The number of hydrogen-bond acceptors (Lipinski definition) is 4. The molecule has 0 aliphatic heterocycles. The number of carbonyl (C=O) groups excluding carboxylic acids is 3. The van der Waals surface area contributed by atoms with Crippen LogP contribution in [0.25, 0.3) is 6.08 Å². The second kappa shape index (κ2) is 9.40. The highest BCUT2D eigenvalue weighted by Crippen LogP contribution is 2.07. The first-order chi connectivity index (χ1) is 11.0. The summed E-state index contributed by atoms with van der Waals surface area (Å²) in [6, 6.07) is 6.69. The van der Waals surface area contributed by atoms with Crippen molar-refractivity contribution in [3.63, 3.8) is 0 Å². The number of ether oxygens (including phenoxy) is 1. The van der Waals surface area contributed by atoms with E-state index in [-0.39, 0.29) is 18.4 Å². The SMILES string of the molecule is CCNC(=O)CN(CC)C(=O)C=Cc1ccc(C(=O)OC)cc1. The van der Waals surface area contributed by atoms with E-state index in [0.717, 1.165) is 5.56 Å². The van der Waals surface area contributed by atoms with Crippen LogP contribution in [-0.4, -0.2) is 49.4 Å². The van der Waals surface area contributed by atoms with Crippen molar-refractivity contribution in [2.24, 2.45) is 0 Å². The van der Waals surface area contributed by atoms with Crippen LogP contribution < -0.4 is 5.32 Å². The zero-order chi connectivity index (χ0) is 17.2. The molecule has 0 atom stereocenters. The Bertz CT molecular complexity index is 579. The fraction of sp³-hybridized carbons (Fsp3) is 0.353. The molecule has 23 heavy (non-hydrogen) atoms. The number of benzene rings is 1. The van der Waals surface area contributed by atoms with E-state index in [4.69, 9.17) is 0 Å². The molecule has 0 spiro atoms. The fourth-order valence-corrected chi connectivity index (χ4v) is 1.89. The Morgan fingerprint density at radius 1 is 1.17 bits per heavy atom. The van der Waals surface area contributed by atoms with Crippen LogP contribution >= 0.6 is 0 Å². The van der Waals surface area contributed by atoms with Gasteiger partial charge in [0.1, 0.15) is 0 Å². The van der Waals surface area contributed by atoms with Gasteiger partial charge in [0.2, 0.25) is 11.8 Å². The Labute approximate surface area is 136 Å². The van der Waals surface area contributed by atoms with E-state index in [9.17, 15) is 14.4 Å². The van der Waals surface area contributed by atoms with Crippen LogP contribution in [0.15, 0.2) is 30.3 Å². The molecular formula is C17H22N2O4. The molecule has 0 fully saturated rings. The number of esters is 1. The van der Waals surface area contributed by atoms with Gasteiger partial charge in [0.05, 0.1) is 19.2 Å². The van der Waals surface area contributed by atoms with Gasteiger partial charge in [0.15, 0.2) is 0 Å². The minimum atomic E-state index is -0.407. The zero-order valence-corrected chi connectivity index (χ0v) is 13.7. The Morgan fingerprint density at radius 2 is 1.83 bits per heavy atom. The molecule has 6 heteroatoms. The van der Waals surface area contributed by atoms with E-state index in [2.05, 4.69) is 10.1 Å². The van der Waals surface area contributed by atoms with Crippen molar-refractivity contribution >= 4 is 23.9 Å². The first kappa shape index (κ1) is 18.4. The molecule has 0 saturated heterocycles. The van der Waals surface area contributed by atoms with E-state index in [1.54, 1.807) is 30.3 Å². The fourth-order valence-electron chi connectivity index (χ4n) is 1.89. The van der Waals surface area contributed by atoms with E-state index >= 15 is 0 Å². The number of hydrogen-bond donors (Lipinski definition) is 1. The van der Waals surface area contributed by atoms with Crippen molar-refractivity contribution in [3.05, 3.63) is 41.5 Å². The summed E-state index contributed by atoms with van der Waals surface area (Å²) in [4.78, 5) is 36.4. The number of nitrogens with one attached hydrogen (secondary N) is 1. The molecule has 0 heterocycles. The van der Waals surface area contributed by atoms with Crippen molar-refractivity contribution in [3.8, 4) is 0 Å². The lowest BCUT2D eigenvalue weighted by atomic mass is 10.1. The first-order valence-electron chi connectivity index (χ1n) is 7.43. The monoisotopic (exact) mass is 318 g/mol.